The Morgan fingerprint density at radius 2 is 1.96 bits per heavy atom. The standard InChI is InChI=1S/C17H18F3N3O2S/c1-22(2)9-3-4-12-5-7-15(14(10-12)23(24)25)26-16-8-6-13(11-21-16)17(18,19)20/h5-8,10-11H,3-4,9H2,1-2H3. The van der Waals surface area contributed by atoms with E-state index >= 15 is 0 Å². The van der Waals surface area contributed by atoms with Crippen LogP contribution in [-0.2, 0) is 12.6 Å². The Hall–Kier alpha value is -2.13. The SMILES string of the molecule is CN(C)CCCc1ccc(Sc2ccc(C(F)(F)F)cn2)c([N+](=O)[O-])c1. The van der Waals surface area contributed by atoms with Gasteiger partial charge in [0, 0.05) is 12.3 Å². The van der Waals surface area contributed by atoms with E-state index in [4.69, 9.17) is 0 Å². The molecule has 0 saturated carbocycles. The van der Waals surface area contributed by atoms with Gasteiger partial charge >= 0.3 is 6.18 Å². The molecular formula is C17H18F3N3O2S. The van der Waals surface area contributed by atoms with Gasteiger partial charge in [0.05, 0.1) is 15.4 Å². The molecule has 140 valence electrons. The van der Waals surface area contributed by atoms with Gasteiger partial charge in [-0.1, -0.05) is 17.8 Å². The van der Waals surface area contributed by atoms with Crippen molar-refractivity contribution in [3.05, 3.63) is 57.8 Å². The molecule has 0 atom stereocenters. The molecule has 5 nitrogen and oxygen atoms in total. The van der Waals surface area contributed by atoms with E-state index in [0.29, 0.717) is 11.3 Å². The fraction of sp³-hybridized carbons (Fsp3) is 0.353. The molecule has 2 rings (SSSR count). The normalized spacial score (nSPS) is 11.8. The highest BCUT2D eigenvalue weighted by Gasteiger charge is 2.30. The van der Waals surface area contributed by atoms with E-state index in [9.17, 15) is 23.3 Å². The predicted molar refractivity (Wildman–Crippen MR) is 93.3 cm³/mol. The number of hydrogen-bond donors (Lipinski definition) is 0. The lowest BCUT2D eigenvalue weighted by Crippen LogP contribution is -2.13. The molecule has 1 aromatic heterocycles. The largest absolute Gasteiger partial charge is 0.417 e. The van der Waals surface area contributed by atoms with Crippen molar-refractivity contribution in [2.45, 2.75) is 28.9 Å². The first-order valence-electron chi connectivity index (χ1n) is 7.80. The third kappa shape index (κ3) is 5.70. The van der Waals surface area contributed by atoms with Gasteiger partial charge in [0.1, 0.15) is 5.03 Å². The quantitative estimate of drug-likeness (QED) is 0.513. The summed E-state index contributed by atoms with van der Waals surface area (Å²) in [5.74, 6) is 0. The lowest BCUT2D eigenvalue weighted by Gasteiger charge is -2.10. The number of halogens is 3. The monoisotopic (exact) mass is 385 g/mol. The first-order valence-corrected chi connectivity index (χ1v) is 8.61. The first-order chi connectivity index (χ1) is 12.2. The molecule has 1 heterocycles. The zero-order valence-corrected chi connectivity index (χ0v) is 15.1. The minimum atomic E-state index is -4.46. The molecule has 0 aliphatic carbocycles. The van der Waals surface area contributed by atoms with Gasteiger partial charge in [-0.25, -0.2) is 4.98 Å². The molecule has 0 spiro atoms. The zero-order valence-electron chi connectivity index (χ0n) is 14.3. The average molecular weight is 385 g/mol. The summed E-state index contributed by atoms with van der Waals surface area (Å²) in [5, 5.41) is 11.6. The summed E-state index contributed by atoms with van der Waals surface area (Å²) in [6, 6.07) is 7.06. The molecule has 0 bridgehead atoms. The molecule has 0 N–H and O–H groups in total. The van der Waals surface area contributed by atoms with Crippen LogP contribution in [0.25, 0.3) is 0 Å². The number of alkyl halides is 3. The Bertz CT molecular complexity index is 765. The number of aryl methyl sites for hydroxylation is 1. The van der Waals surface area contributed by atoms with Crippen LogP contribution >= 0.6 is 11.8 Å². The zero-order chi connectivity index (χ0) is 19.3. The van der Waals surface area contributed by atoms with Crippen molar-refractivity contribution in [1.82, 2.24) is 9.88 Å². The maximum atomic E-state index is 12.6. The fourth-order valence-corrected chi connectivity index (χ4v) is 3.11. The highest BCUT2D eigenvalue weighted by atomic mass is 32.2. The number of benzene rings is 1. The number of rotatable bonds is 7. The molecule has 0 fully saturated rings. The van der Waals surface area contributed by atoms with Gasteiger partial charge in [-0.15, -0.1) is 0 Å². The molecule has 26 heavy (non-hydrogen) atoms. The maximum absolute atomic E-state index is 12.6. The average Bonchev–Trinajstić information content (AvgIpc) is 2.55. The van der Waals surface area contributed by atoms with Gasteiger partial charge < -0.3 is 4.90 Å². The molecule has 1 aromatic carbocycles. The van der Waals surface area contributed by atoms with Crippen molar-refractivity contribution < 1.29 is 18.1 Å². The van der Waals surface area contributed by atoms with Crippen molar-refractivity contribution in [3.63, 3.8) is 0 Å². The Labute approximate surface area is 153 Å². The topological polar surface area (TPSA) is 59.3 Å². The van der Waals surface area contributed by atoms with Crippen LogP contribution in [0, 0.1) is 10.1 Å². The Kier molecular flexibility index (Phi) is 6.60. The smallest absolute Gasteiger partial charge is 0.309 e. The number of pyridine rings is 1. The van der Waals surface area contributed by atoms with E-state index in [1.807, 2.05) is 19.0 Å². The third-order valence-electron chi connectivity index (χ3n) is 3.57. The summed E-state index contributed by atoms with van der Waals surface area (Å²) in [7, 11) is 3.92. The van der Waals surface area contributed by atoms with E-state index < -0.39 is 16.7 Å². The number of nitrogens with zero attached hydrogens (tertiary/aromatic N) is 3. The van der Waals surface area contributed by atoms with Gasteiger partial charge in [-0.3, -0.25) is 10.1 Å². The summed E-state index contributed by atoms with van der Waals surface area (Å²) >= 11 is 0.971. The van der Waals surface area contributed by atoms with E-state index in [1.165, 1.54) is 12.1 Å². The van der Waals surface area contributed by atoms with Crippen LogP contribution in [0.5, 0.6) is 0 Å². The highest BCUT2D eigenvalue weighted by molar-refractivity contribution is 7.99. The fourth-order valence-electron chi connectivity index (χ4n) is 2.27. The maximum Gasteiger partial charge on any atom is 0.417 e. The minimum Gasteiger partial charge on any atom is -0.309 e. The predicted octanol–water partition coefficient (Wildman–Crippen LogP) is 4.65. The second-order valence-electron chi connectivity index (χ2n) is 5.95. The number of aromatic nitrogens is 1. The van der Waals surface area contributed by atoms with E-state index in [1.54, 1.807) is 12.1 Å². The second kappa shape index (κ2) is 8.50. The van der Waals surface area contributed by atoms with Crippen molar-refractivity contribution in [2.75, 3.05) is 20.6 Å². The summed E-state index contributed by atoms with van der Waals surface area (Å²) in [6.45, 7) is 0.875. The van der Waals surface area contributed by atoms with Crippen LogP contribution in [0.15, 0.2) is 46.5 Å². The van der Waals surface area contributed by atoms with Crippen molar-refractivity contribution in [2.24, 2.45) is 0 Å². The van der Waals surface area contributed by atoms with Crippen molar-refractivity contribution in [3.8, 4) is 0 Å². The van der Waals surface area contributed by atoms with Crippen molar-refractivity contribution >= 4 is 17.4 Å². The number of nitro groups is 1. The molecule has 0 aliphatic rings. The Morgan fingerprint density at radius 1 is 1.23 bits per heavy atom. The number of nitro benzene ring substituents is 1. The van der Waals surface area contributed by atoms with Crippen LogP contribution in [0.1, 0.15) is 17.5 Å². The summed E-state index contributed by atoms with van der Waals surface area (Å²) in [5.41, 5.74) is -0.0741. The molecule has 9 heteroatoms. The van der Waals surface area contributed by atoms with Crippen LogP contribution in [-0.4, -0.2) is 35.4 Å². The molecule has 2 aromatic rings. The van der Waals surface area contributed by atoms with Gasteiger partial charge in [-0.2, -0.15) is 13.2 Å². The van der Waals surface area contributed by atoms with Crippen LogP contribution in [0.3, 0.4) is 0 Å². The van der Waals surface area contributed by atoms with Gasteiger partial charge in [0.15, 0.2) is 0 Å². The minimum absolute atomic E-state index is 0.0703. The Balaban J connectivity index is 2.16. The molecule has 0 radical (unpaired) electrons. The highest BCUT2D eigenvalue weighted by Crippen LogP contribution is 2.36. The van der Waals surface area contributed by atoms with E-state index in [0.717, 1.165) is 42.6 Å². The van der Waals surface area contributed by atoms with Crippen LogP contribution in [0.4, 0.5) is 18.9 Å². The van der Waals surface area contributed by atoms with Crippen molar-refractivity contribution in [1.29, 1.82) is 0 Å². The van der Waals surface area contributed by atoms with Crippen LogP contribution in [0.2, 0.25) is 0 Å². The second-order valence-corrected chi connectivity index (χ2v) is 7.01. The molecular weight excluding hydrogens is 367 g/mol. The molecule has 0 aliphatic heterocycles. The molecule has 0 saturated heterocycles. The molecule has 0 amide bonds. The summed E-state index contributed by atoms with van der Waals surface area (Å²) in [6.07, 6.45) is -2.15. The van der Waals surface area contributed by atoms with E-state index in [-0.39, 0.29) is 10.7 Å². The lowest BCUT2D eigenvalue weighted by atomic mass is 10.1. The van der Waals surface area contributed by atoms with Gasteiger partial charge in [-0.05, 0) is 57.2 Å². The van der Waals surface area contributed by atoms with Gasteiger partial charge in [0.2, 0.25) is 0 Å². The van der Waals surface area contributed by atoms with E-state index in [2.05, 4.69) is 4.98 Å². The lowest BCUT2D eigenvalue weighted by molar-refractivity contribution is -0.387. The summed E-state index contributed by atoms with van der Waals surface area (Å²) in [4.78, 5) is 17.0. The summed E-state index contributed by atoms with van der Waals surface area (Å²) < 4.78 is 37.7. The Morgan fingerprint density at radius 3 is 2.50 bits per heavy atom. The molecule has 0 unspecified atom stereocenters. The van der Waals surface area contributed by atoms with Crippen LogP contribution < -0.4 is 0 Å². The first kappa shape index (κ1) is 20.2. The number of hydrogen-bond acceptors (Lipinski definition) is 5. The van der Waals surface area contributed by atoms with Gasteiger partial charge in [0.25, 0.3) is 5.69 Å². The third-order valence-corrected chi connectivity index (χ3v) is 4.58.